The maximum atomic E-state index is 13.5. The Labute approximate surface area is 166 Å². The van der Waals surface area contributed by atoms with Crippen LogP contribution in [0.25, 0.3) is 11.0 Å². The molecule has 1 aromatic heterocycles. The van der Waals surface area contributed by atoms with Gasteiger partial charge in [0.2, 0.25) is 10.0 Å². The van der Waals surface area contributed by atoms with E-state index in [9.17, 15) is 22.9 Å². The number of imidazole rings is 1. The first kappa shape index (κ1) is 20.7. The Bertz CT molecular complexity index is 1180. The van der Waals surface area contributed by atoms with E-state index in [1.54, 1.807) is 6.07 Å². The van der Waals surface area contributed by atoms with Gasteiger partial charge in [-0.1, -0.05) is 13.3 Å². The third-order valence-corrected chi connectivity index (χ3v) is 5.25. The van der Waals surface area contributed by atoms with Crippen molar-refractivity contribution in [3.8, 4) is 5.75 Å². The van der Waals surface area contributed by atoms with Gasteiger partial charge in [-0.3, -0.25) is 10.1 Å². The number of nitro groups is 1. The molecule has 0 saturated carbocycles. The molecule has 154 valence electrons. The van der Waals surface area contributed by atoms with Gasteiger partial charge in [0.1, 0.15) is 18.2 Å². The van der Waals surface area contributed by atoms with Crippen molar-refractivity contribution in [2.24, 2.45) is 5.14 Å². The van der Waals surface area contributed by atoms with Crippen molar-refractivity contribution in [2.45, 2.75) is 37.8 Å². The minimum absolute atomic E-state index is 0.0709. The lowest BCUT2D eigenvalue weighted by atomic mass is 10.3. The molecule has 3 rings (SSSR count). The molecule has 2 aromatic carbocycles. The fourth-order valence-electron chi connectivity index (χ4n) is 2.91. The van der Waals surface area contributed by atoms with Gasteiger partial charge in [0.05, 0.1) is 20.9 Å². The molecular weight excluding hydrogens is 403 g/mol. The van der Waals surface area contributed by atoms with E-state index in [4.69, 9.17) is 9.88 Å². The van der Waals surface area contributed by atoms with Crippen LogP contribution in [0.15, 0.2) is 41.3 Å². The molecule has 2 N–H and O–H groups in total. The van der Waals surface area contributed by atoms with Gasteiger partial charge in [-0.05, 0) is 30.7 Å². The fraction of sp³-hybridized carbons (Fsp3) is 0.278. The number of ether oxygens (including phenoxy) is 1. The molecular formula is C18H19FN4O5S. The molecule has 0 aliphatic heterocycles. The number of halogens is 1. The zero-order valence-electron chi connectivity index (χ0n) is 15.5. The van der Waals surface area contributed by atoms with E-state index >= 15 is 0 Å². The maximum absolute atomic E-state index is 13.5. The van der Waals surface area contributed by atoms with Crippen molar-refractivity contribution in [3.63, 3.8) is 0 Å². The van der Waals surface area contributed by atoms with Crippen LogP contribution < -0.4 is 9.88 Å². The zero-order chi connectivity index (χ0) is 21.2. The molecule has 11 heteroatoms. The molecule has 0 saturated heterocycles. The number of hydrogen-bond acceptors (Lipinski definition) is 6. The first-order valence-corrected chi connectivity index (χ1v) is 10.3. The van der Waals surface area contributed by atoms with Crippen molar-refractivity contribution in [1.29, 1.82) is 0 Å². The molecule has 9 nitrogen and oxygen atoms in total. The minimum Gasteiger partial charge on any atom is -0.479 e. The molecule has 0 radical (unpaired) electrons. The molecule has 0 fully saturated rings. The van der Waals surface area contributed by atoms with Crippen LogP contribution in [0.5, 0.6) is 5.75 Å². The quantitative estimate of drug-likeness (QED) is 0.438. The summed E-state index contributed by atoms with van der Waals surface area (Å²) in [5.74, 6) is -0.448. The molecule has 0 bridgehead atoms. The highest BCUT2D eigenvalue weighted by molar-refractivity contribution is 7.89. The minimum atomic E-state index is -3.89. The Morgan fingerprint density at radius 2 is 2.03 bits per heavy atom. The van der Waals surface area contributed by atoms with E-state index < -0.39 is 20.8 Å². The van der Waals surface area contributed by atoms with Crippen LogP contribution in [0.3, 0.4) is 0 Å². The standard InChI is InChI=1S/C18H19FN4O5S/c1-2-3-8-22-15-7-5-13(29(20,26)27)10-14(15)21-18(22)11-28-17-9-12(19)4-6-16(17)23(24)25/h4-7,9-10H,2-3,8,11H2,1H3,(H2,20,26,27). The topological polar surface area (TPSA) is 130 Å². The van der Waals surface area contributed by atoms with E-state index in [0.29, 0.717) is 23.4 Å². The highest BCUT2D eigenvalue weighted by atomic mass is 32.2. The lowest BCUT2D eigenvalue weighted by Crippen LogP contribution is -2.11. The van der Waals surface area contributed by atoms with Crippen LogP contribution in [0.1, 0.15) is 25.6 Å². The summed E-state index contributed by atoms with van der Waals surface area (Å²) in [4.78, 5) is 14.8. The van der Waals surface area contributed by atoms with E-state index in [1.807, 2.05) is 11.5 Å². The Morgan fingerprint density at radius 1 is 1.28 bits per heavy atom. The number of fused-ring (bicyclic) bond motifs is 1. The fourth-order valence-corrected chi connectivity index (χ4v) is 3.44. The first-order valence-electron chi connectivity index (χ1n) is 8.79. The molecule has 0 unspecified atom stereocenters. The molecule has 3 aromatic rings. The van der Waals surface area contributed by atoms with Crippen molar-refractivity contribution in [2.75, 3.05) is 0 Å². The van der Waals surface area contributed by atoms with Gasteiger partial charge in [0.15, 0.2) is 5.75 Å². The highest BCUT2D eigenvalue weighted by Gasteiger charge is 2.19. The summed E-state index contributed by atoms with van der Waals surface area (Å²) in [7, 11) is -3.89. The zero-order valence-corrected chi connectivity index (χ0v) is 16.4. The molecule has 0 atom stereocenters. The summed E-state index contributed by atoms with van der Waals surface area (Å²) in [6, 6.07) is 7.31. The van der Waals surface area contributed by atoms with Crippen molar-refractivity contribution in [3.05, 3.63) is 58.2 Å². The van der Waals surface area contributed by atoms with Crippen LogP contribution in [-0.2, 0) is 23.2 Å². The van der Waals surface area contributed by atoms with E-state index in [-0.39, 0.29) is 22.9 Å². The summed E-state index contributed by atoms with van der Waals surface area (Å²) >= 11 is 0. The summed E-state index contributed by atoms with van der Waals surface area (Å²) < 4.78 is 44.1. The van der Waals surface area contributed by atoms with E-state index in [1.165, 1.54) is 12.1 Å². The van der Waals surface area contributed by atoms with Gasteiger partial charge in [0, 0.05) is 18.7 Å². The number of primary sulfonamides is 1. The number of sulfonamides is 1. The van der Waals surface area contributed by atoms with Gasteiger partial charge in [-0.2, -0.15) is 0 Å². The third kappa shape index (κ3) is 4.51. The van der Waals surface area contributed by atoms with Gasteiger partial charge in [-0.15, -0.1) is 0 Å². The lowest BCUT2D eigenvalue weighted by Gasteiger charge is -2.10. The average molecular weight is 422 g/mol. The monoisotopic (exact) mass is 422 g/mol. The van der Waals surface area contributed by atoms with Crippen molar-refractivity contribution in [1.82, 2.24) is 9.55 Å². The number of unbranched alkanes of at least 4 members (excludes halogenated alkanes) is 1. The second-order valence-corrected chi connectivity index (χ2v) is 7.95. The second-order valence-electron chi connectivity index (χ2n) is 6.39. The largest absolute Gasteiger partial charge is 0.479 e. The molecule has 0 amide bonds. The molecule has 0 aliphatic rings. The molecule has 1 heterocycles. The van der Waals surface area contributed by atoms with E-state index in [0.717, 1.165) is 31.0 Å². The smallest absolute Gasteiger partial charge is 0.311 e. The van der Waals surface area contributed by atoms with Gasteiger partial charge in [0.25, 0.3) is 0 Å². The number of rotatable bonds is 8. The summed E-state index contributed by atoms with van der Waals surface area (Å²) in [5.41, 5.74) is 0.720. The van der Waals surface area contributed by atoms with Gasteiger partial charge >= 0.3 is 5.69 Å². The highest BCUT2D eigenvalue weighted by Crippen LogP contribution is 2.29. The van der Waals surface area contributed by atoms with Crippen LogP contribution in [0.4, 0.5) is 10.1 Å². The Morgan fingerprint density at radius 3 is 2.69 bits per heavy atom. The lowest BCUT2D eigenvalue weighted by molar-refractivity contribution is -0.386. The number of aryl methyl sites for hydroxylation is 1. The Hall–Kier alpha value is -3.05. The van der Waals surface area contributed by atoms with Gasteiger partial charge in [-0.25, -0.2) is 22.9 Å². The van der Waals surface area contributed by atoms with Crippen LogP contribution >= 0.6 is 0 Å². The Kier molecular flexibility index (Phi) is 5.80. The molecule has 0 spiro atoms. The third-order valence-electron chi connectivity index (χ3n) is 4.34. The first-order chi connectivity index (χ1) is 13.7. The predicted octanol–water partition coefficient (Wildman–Crippen LogP) is 3.11. The Balaban J connectivity index is 2.00. The normalized spacial score (nSPS) is 11.7. The number of hydrogen-bond donors (Lipinski definition) is 1. The number of nitrogens with zero attached hydrogens (tertiary/aromatic N) is 3. The number of aromatic nitrogens is 2. The van der Waals surface area contributed by atoms with Crippen LogP contribution in [0, 0.1) is 15.9 Å². The van der Waals surface area contributed by atoms with Crippen molar-refractivity contribution < 1.29 is 22.5 Å². The van der Waals surface area contributed by atoms with Crippen LogP contribution in [0.2, 0.25) is 0 Å². The summed E-state index contributed by atoms with van der Waals surface area (Å²) in [6.07, 6.45) is 1.74. The number of nitrogens with two attached hydrogens (primary N) is 1. The molecule has 0 aliphatic carbocycles. The SMILES string of the molecule is CCCCn1c(COc2cc(F)ccc2[N+](=O)[O-])nc2cc(S(N)(=O)=O)ccc21. The molecule has 29 heavy (non-hydrogen) atoms. The number of nitro benzene ring substituents is 1. The summed E-state index contributed by atoms with van der Waals surface area (Å²) in [6.45, 7) is 2.45. The second kappa shape index (κ2) is 8.13. The van der Waals surface area contributed by atoms with E-state index in [2.05, 4.69) is 4.98 Å². The van der Waals surface area contributed by atoms with Crippen LogP contribution in [-0.4, -0.2) is 22.9 Å². The average Bonchev–Trinajstić information content (AvgIpc) is 3.00. The number of benzene rings is 2. The maximum Gasteiger partial charge on any atom is 0.311 e. The van der Waals surface area contributed by atoms with Crippen molar-refractivity contribution >= 4 is 26.7 Å². The predicted molar refractivity (Wildman–Crippen MR) is 103 cm³/mol. The summed E-state index contributed by atoms with van der Waals surface area (Å²) in [5, 5.41) is 16.3. The van der Waals surface area contributed by atoms with Gasteiger partial charge < -0.3 is 9.30 Å².